The van der Waals surface area contributed by atoms with Crippen LogP contribution in [0.25, 0.3) is 11.1 Å². The van der Waals surface area contributed by atoms with E-state index in [9.17, 15) is 36.0 Å². The largest absolute Gasteiger partial charge is 0.461 e. The smallest absolute Gasteiger partial charge is 0.407 e. The summed E-state index contributed by atoms with van der Waals surface area (Å²) >= 11 is 0. The van der Waals surface area contributed by atoms with E-state index in [4.69, 9.17) is 10.5 Å². The third-order valence-electron chi connectivity index (χ3n) is 6.85. The highest BCUT2D eigenvalue weighted by Crippen LogP contribution is 2.35. The van der Waals surface area contributed by atoms with Gasteiger partial charge in [0, 0.05) is 6.26 Å². The molecule has 0 aliphatic heterocycles. The first-order chi connectivity index (χ1) is 21.0. The Labute approximate surface area is 260 Å². The molecule has 0 radical (unpaired) electrons. The molecule has 0 aliphatic rings. The molecule has 3 rings (SSSR count). The number of hydrogen-bond donors (Lipinski definition) is 3. The number of halogens is 3. The van der Waals surface area contributed by atoms with Crippen LogP contribution in [0.4, 0.5) is 13.2 Å². The summed E-state index contributed by atoms with van der Waals surface area (Å²) in [6.45, 7) is 3.37. The molecule has 4 N–H and O–H groups in total. The number of benzene rings is 3. The molecule has 0 saturated carbocycles. The summed E-state index contributed by atoms with van der Waals surface area (Å²) < 4.78 is 71.7. The van der Waals surface area contributed by atoms with Gasteiger partial charge in [0.15, 0.2) is 9.84 Å². The molecular formula is C32H36F3N3O6S. The fourth-order valence-corrected chi connectivity index (χ4v) is 5.15. The Morgan fingerprint density at radius 3 is 1.91 bits per heavy atom. The lowest BCUT2D eigenvalue weighted by atomic mass is 9.97. The summed E-state index contributed by atoms with van der Waals surface area (Å²) in [5.41, 5.74) is 7.09. The van der Waals surface area contributed by atoms with E-state index in [0.717, 1.165) is 6.26 Å². The van der Waals surface area contributed by atoms with Crippen LogP contribution in [0.1, 0.15) is 43.9 Å². The lowest BCUT2D eigenvalue weighted by Gasteiger charge is -2.29. The van der Waals surface area contributed by atoms with Crippen LogP contribution in [-0.4, -0.2) is 50.7 Å². The molecule has 0 saturated heterocycles. The quantitative estimate of drug-likeness (QED) is 0.219. The van der Waals surface area contributed by atoms with E-state index in [-0.39, 0.29) is 29.4 Å². The second-order valence-corrected chi connectivity index (χ2v) is 13.1. The minimum atomic E-state index is -4.81. The summed E-state index contributed by atoms with van der Waals surface area (Å²) in [6.07, 6.45) is -4.35. The highest BCUT2D eigenvalue weighted by atomic mass is 32.2. The van der Waals surface area contributed by atoms with Gasteiger partial charge in [-0.25, -0.2) is 8.42 Å². The van der Waals surface area contributed by atoms with Crippen molar-refractivity contribution in [3.05, 3.63) is 90.0 Å². The average molecular weight is 648 g/mol. The van der Waals surface area contributed by atoms with Gasteiger partial charge < -0.3 is 15.8 Å². The predicted octanol–water partition coefficient (Wildman–Crippen LogP) is 4.47. The Bertz CT molecular complexity index is 1560. The fourth-order valence-electron chi connectivity index (χ4n) is 4.52. The number of rotatable bonds is 14. The van der Waals surface area contributed by atoms with E-state index in [1.165, 1.54) is 36.4 Å². The third kappa shape index (κ3) is 10.7. The number of alkyl halides is 3. The zero-order chi connectivity index (χ0) is 33.4. The highest BCUT2D eigenvalue weighted by molar-refractivity contribution is 7.90. The summed E-state index contributed by atoms with van der Waals surface area (Å²) in [7, 11) is -3.41. The van der Waals surface area contributed by atoms with Gasteiger partial charge in [-0.05, 0) is 46.7 Å². The van der Waals surface area contributed by atoms with Crippen LogP contribution < -0.4 is 16.4 Å². The second kappa shape index (κ2) is 15.2. The van der Waals surface area contributed by atoms with E-state index in [2.05, 4.69) is 10.6 Å². The minimum Gasteiger partial charge on any atom is -0.461 e. The van der Waals surface area contributed by atoms with Crippen molar-refractivity contribution in [2.45, 2.75) is 62.5 Å². The minimum absolute atomic E-state index is 0.0207. The van der Waals surface area contributed by atoms with Crippen LogP contribution in [0.15, 0.2) is 83.8 Å². The molecule has 3 atom stereocenters. The van der Waals surface area contributed by atoms with Crippen molar-refractivity contribution in [3.8, 4) is 11.1 Å². The van der Waals surface area contributed by atoms with Crippen LogP contribution >= 0.6 is 0 Å². The number of carbonyl (C=O) groups is 3. The predicted molar refractivity (Wildman–Crippen MR) is 162 cm³/mol. The number of carbonyl (C=O) groups excluding carboxylic acids is 3. The second-order valence-electron chi connectivity index (χ2n) is 11.1. The van der Waals surface area contributed by atoms with Gasteiger partial charge in [0.1, 0.15) is 18.7 Å². The number of sulfone groups is 1. The van der Waals surface area contributed by atoms with Gasteiger partial charge in [0.25, 0.3) is 0 Å². The molecule has 9 nitrogen and oxygen atoms in total. The maximum absolute atomic E-state index is 14.3. The van der Waals surface area contributed by atoms with Crippen LogP contribution in [-0.2, 0) is 35.6 Å². The van der Waals surface area contributed by atoms with Crippen molar-refractivity contribution >= 4 is 27.6 Å². The Kier molecular flexibility index (Phi) is 11.9. The topological polar surface area (TPSA) is 145 Å². The number of ether oxygens (including phenoxy) is 1. The molecule has 0 unspecified atom stereocenters. The number of nitrogens with two attached hydrogens (primary N) is 1. The van der Waals surface area contributed by atoms with Crippen LogP contribution in [0.2, 0.25) is 0 Å². The highest BCUT2D eigenvalue weighted by Gasteiger charge is 2.43. The number of esters is 1. The number of nitrogens with one attached hydrogen (secondary N) is 2. The Morgan fingerprint density at radius 2 is 1.42 bits per heavy atom. The van der Waals surface area contributed by atoms with E-state index in [0.29, 0.717) is 16.7 Å². The molecule has 3 aromatic rings. The first kappa shape index (κ1) is 35.3. The van der Waals surface area contributed by atoms with Gasteiger partial charge >= 0.3 is 12.1 Å². The summed E-state index contributed by atoms with van der Waals surface area (Å²) in [5, 5.41) is 4.72. The van der Waals surface area contributed by atoms with Gasteiger partial charge in [0.05, 0.1) is 17.4 Å². The maximum atomic E-state index is 14.3. The van der Waals surface area contributed by atoms with Gasteiger partial charge in [-0.1, -0.05) is 80.6 Å². The normalized spacial score (nSPS) is 13.9. The molecule has 13 heteroatoms. The molecule has 0 fully saturated rings. The molecule has 0 aromatic heterocycles. The Morgan fingerprint density at radius 1 is 0.867 bits per heavy atom. The van der Waals surface area contributed by atoms with Crippen molar-refractivity contribution in [2.24, 2.45) is 11.7 Å². The molecule has 2 amide bonds. The van der Waals surface area contributed by atoms with E-state index in [1.807, 2.05) is 0 Å². The molecule has 0 heterocycles. The molecule has 0 bridgehead atoms. The first-order valence-corrected chi connectivity index (χ1v) is 16.0. The van der Waals surface area contributed by atoms with Crippen LogP contribution in [0.3, 0.4) is 0 Å². The maximum Gasteiger partial charge on any atom is 0.407 e. The molecule has 242 valence electrons. The fraction of sp³-hybridized carbons (Fsp3) is 0.344. The number of hydrogen-bond acceptors (Lipinski definition) is 7. The first-order valence-electron chi connectivity index (χ1n) is 14.1. The summed E-state index contributed by atoms with van der Waals surface area (Å²) in [5.74, 6) is -3.02. The Balaban J connectivity index is 1.76. The number of amides is 2. The van der Waals surface area contributed by atoms with E-state index in [1.54, 1.807) is 56.3 Å². The van der Waals surface area contributed by atoms with E-state index < -0.39 is 58.3 Å². The van der Waals surface area contributed by atoms with Gasteiger partial charge in [-0.3, -0.25) is 19.7 Å². The molecule has 0 spiro atoms. The van der Waals surface area contributed by atoms with Crippen molar-refractivity contribution in [1.29, 1.82) is 0 Å². The summed E-state index contributed by atoms with van der Waals surface area (Å²) in [4.78, 5) is 37.8. The van der Waals surface area contributed by atoms with Crippen molar-refractivity contribution in [3.63, 3.8) is 0 Å². The van der Waals surface area contributed by atoms with Gasteiger partial charge in [-0.2, -0.15) is 13.2 Å². The van der Waals surface area contributed by atoms with Crippen molar-refractivity contribution < 1.29 is 40.7 Å². The molecule has 3 aromatic carbocycles. The van der Waals surface area contributed by atoms with Gasteiger partial charge in [-0.15, -0.1) is 0 Å². The molecular weight excluding hydrogens is 611 g/mol. The lowest BCUT2D eigenvalue weighted by molar-refractivity contribution is -0.161. The zero-order valence-electron chi connectivity index (χ0n) is 25.0. The summed E-state index contributed by atoms with van der Waals surface area (Å²) in [6, 6.07) is 15.0. The van der Waals surface area contributed by atoms with Gasteiger partial charge in [0.2, 0.25) is 11.8 Å². The SMILES string of the molecule is CC(C)C[C@H](N[C@@H](c1ccc(-c2ccc(S(C)(=O)=O)cc2)cc1)C(F)(F)F)C(=O)N[C@@H](CC(=O)OCc1ccccc1)C(N)=O. The standard InChI is InChI=1S/C32H36F3N3O6S/c1-20(2)17-27(31(41)38-26(30(36)40)18-28(39)44-19-21-7-5-4-6-8-21)37-29(32(33,34)35)24-11-9-22(10-12-24)23-13-15-25(16-14-23)45(3,42)43/h4-16,20,26-27,29,37H,17-19H2,1-3H3,(H2,36,40)(H,38,41)/t26-,27-,29-/m0/s1. The molecule has 0 aliphatic carbocycles. The molecule has 45 heavy (non-hydrogen) atoms. The van der Waals surface area contributed by atoms with Crippen LogP contribution in [0.5, 0.6) is 0 Å². The van der Waals surface area contributed by atoms with Crippen molar-refractivity contribution in [1.82, 2.24) is 10.6 Å². The third-order valence-corrected chi connectivity index (χ3v) is 7.98. The van der Waals surface area contributed by atoms with Crippen molar-refractivity contribution in [2.75, 3.05) is 6.26 Å². The monoisotopic (exact) mass is 647 g/mol. The van der Waals surface area contributed by atoms with E-state index >= 15 is 0 Å². The Hall–Kier alpha value is -4.23. The number of primary amides is 1. The zero-order valence-corrected chi connectivity index (χ0v) is 25.8. The average Bonchev–Trinajstić information content (AvgIpc) is 2.97. The van der Waals surface area contributed by atoms with Crippen LogP contribution in [0, 0.1) is 5.92 Å². The lowest BCUT2D eigenvalue weighted by Crippen LogP contribution is -2.54.